The minimum Gasteiger partial charge on any atom is -0.369 e. The second-order valence-electron chi connectivity index (χ2n) is 5.21. The van der Waals surface area contributed by atoms with Crippen LogP contribution in [0.1, 0.15) is 37.0 Å². The Balaban J connectivity index is 2.09. The van der Waals surface area contributed by atoms with Crippen molar-refractivity contribution in [2.24, 2.45) is 12.9 Å². The van der Waals surface area contributed by atoms with Crippen molar-refractivity contribution in [1.29, 1.82) is 0 Å². The summed E-state index contributed by atoms with van der Waals surface area (Å²) >= 11 is 0. The molecule has 0 aliphatic rings. The van der Waals surface area contributed by atoms with E-state index in [1.165, 1.54) is 0 Å². The number of rotatable bonds is 6. The first-order valence-corrected chi connectivity index (χ1v) is 6.94. The third-order valence-electron chi connectivity index (χ3n) is 3.10. The fourth-order valence-electron chi connectivity index (χ4n) is 1.90. The number of nitrogens with two attached hydrogens (primary N) is 1. The van der Waals surface area contributed by atoms with Gasteiger partial charge in [-0.1, -0.05) is 13.8 Å². The smallest absolute Gasteiger partial charge is 0.152 e. The van der Waals surface area contributed by atoms with E-state index in [4.69, 9.17) is 5.84 Å². The van der Waals surface area contributed by atoms with Crippen LogP contribution in [0.2, 0.25) is 0 Å². The number of nitrogens with zero attached hydrogens (tertiary/aromatic N) is 5. The summed E-state index contributed by atoms with van der Waals surface area (Å²) in [7, 11) is 1.85. The molecule has 0 bridgehead atoms. The molecule has 0 atom stereocenters. The molecule has 2 heterocycles. The van der Waals surface area contributed by atoms with Crippen LogP contribution in [0, 0.1) is 6.92 Å². The van der Waals surface area contributed by atoms with Gasteiger partial charge in [-0.05, 0) is 6.92 Å². The summed E-state index contributed by atoms with van der Waals surface area (Å²) in [6, 6.07) is 0. The summed E-state index contributed by atoms with van der Waals surface area (Å²) in [6.45, 7) is 6.73. The quantitative estimate of drug-likeness (QED) is 0.537. The Labute approximate surface area is 124 Å². The van der Waals surface area contributed by atoms with Gasteiger partial charge < -0.3 is 10.7 Å². The molecule has 0 aromatic carbocycles. The van der Waals surface area contributed by atoms with Crippen molar-refractivity contribution in [3.63, 3.8) is 0 Å². The van der Waals surface area contributed by atoms with Crippen LogP contribution in [0.4, 0.5) is 11.6 Å². The first-order chi connectivity index (χ1) is 10.0. The summed E-state index contributed by atoms with van der Waals surface area (Å²) in [6.07, 6.45) is 2.42. The van der Waals surface area contributed by atoms with Gasteiger partial charge in [-0.15, -0.1) is 0 Å². The summed E-state index contributed by atoms with van der Waals surface area (Å²) in [5, 5.41) is 7.55. The van der Waals surface area contributed by atoms with Crippen molar-refractivity contribution in [3.05, 3.63) is 23.5 Å². The number of nitrogen functional groups attached to an aromatic ring is 1. The fourth-order valence-corrected chi connectivity index (χ4v) is 1.90. The van der Waals surface area contributed by atoms with E-state index in [1.54, 1.807) is 11.0 Å². The highest BCUT2D eigenvalue weighted by atomic mass is 15.3. The zero-order valence-corrected chi connectivity index (χ0v) is 12.9. The highest BCUT2D eigenvalue weighted by Gasteiger charge is 2.12. The molecule has 4 N–H and O–H groups in total. The molecule has 8 heteroatoms. The fraction of sp³-hybridized carbons (Fsp3) is 0.538. The number of hydrogen-bond acceptors (Lipinski definition) is 7. The average molecular weight is 290 g/mol. The van der Waals surface area contributed by atoms with Crippen LogP contribution < -0.4 is 16.6 Å². The van der Waals surface area contributed by atoms with E-state index >= 15 is 0 Å². The van der Waals surface area contributed by atoms with Gasteiger partial charge in [0.05, 0.1) is 0 Å². The molecule has 0 fully saturated rings. The van der Waals surface area contributed by atoms with Crippen molar-refractivity contribution >= 4 is 11.6 Å². The van der Waals surface area contributed by atoms with Crippen molar-refractivity contribution in [2.45, 2.75) is 33.1 Å². The molecule has 2 aromatic rings. The minimum atomic E-state index is 0.232. The lowest BCUT2D eigenvalue weighted by Gasteiger charge is -2.14. The molecular formula is C13H22N8. The molecule has 0 unspecified atom stereocenters. The van der Waals surface area contributed by atoms with Gasteiger partial charge in [0, 0.05) is 31.5 Å². The van der Waals surface area contributed by atoms with E-state index in [2.05, 4.69) is 30.8 Å². The molecule has 0 aliphatic carbocycles. The molecule has 2 aromatic heterocycles. The van der Waals surface area contributed by atoms with Crippen LogP contribution in [0.3, 0.4) is 0 Å². The van der Waals surface area contributed by atoms with Gasteiger partial charge in [-0.25, -0.2) is 20.8 Å². The normalized spacial score (nSPS) is 11.0. The molecule has 0 amide bonds. The van der Waals surface area contributed by atoms with Gasteiger partial charge in [0.15, 0.2) is 5.82 Å². The first kappa shape index (κ1) is 15.2. The third-order valence-corrected chi connectivity index (χ3v) is 3.10. The van der Waals surface area contributed by atoms with Crippen molar-refractivity contribution in [2.75, 3.05) is 17.3 Å². The number of nitrogens with one attached hydrogen (secondary N) is 2. The molecule has 0 radical (unpaired) electrons. The maximum absolute atomic E-state index is 5.52. The Hall–Kier alpha value is -2.22. The van der Waals surface area contributed by atoms with Crippen LogP contribution in [-0.4, -0.2) is 31.3 Å². The molecule has 0 saturated carbocycles. The standard InChI is InChI=1S/C13H22N8/c1-8(2)11-17-12(9(3)13(18-11)19-14)15-6-5-10-16-7-21(4)20-10/h7-8H,5-6,14H2,1-4H3,(H2,15,17,18,19). The van der Waals surface area contributed by atoms with Crippen molar-refractivity contribution in [3.8, 4) is 0 Å². The van der Waals surface area contributed by atoms with Gasteiger partial charge in [0.2, 0.25) is 0 Å². The summed E-state index contributed by atoms with van der Waals surface area (Å²) in [5.74, 6) is 8.75. The highest BCUT2D eigenvalue weighted by Crippen LogP contribution is 2.22. The zero-order valence-electron chi connectivity index (χ0n) is 12.9. The molecular weight excluding hydrogens is 268 g/mol. The van der Waals surface area contributed by atoms with Crippen molar-refractivity contribution < 1.29 is 0 Å². The van der Waals surface area contributed by atoms with E-state index < -0.39 is 0 Å². The molecule has 0 spiro atoms. The van der Waals surface area contributed by atoms with Crippen LogP contribution >= 0.6 is 0 Å². The second kappa shape index (κ2) is 6.49. The lowest BCUT2D eigenvalue weighted by Crippen LogP contribution is -2.16. The summed E-state index contributed by atoms with van der Waals surface area (Å²) < 4.78 is 1.69. The SMILES string of the molecule is Cc1c(NN)nc(C(C)C)nc1NCCc1ncn(C)n1. The third kappa shape index (κ3) is 3.66. The first-order valence-electron chi connectivity index (χ1n) is 6.94. The average Bonchev–Trinajstić information content (AvgIpc) is 2.86. The van der Waals surface area contributed by atoms with Gasteiger partial charge in [-0.3, -0.25) is 4.68 Å². The molecule has 0 aliphatic heterocycles. The van der Waals surface area contributed by atoms with Crippen LogP contribution in [0.15, 0.2) is 6.33 Å². The zero-order chi connectivity index (χ0) is 15.4. The van der Waals surface area contributed by atoms with E-state index in [0.29, 0.717) is 12.4 Å². The maximum Gasteiger partial charge on any atom is 0.152 e. The number of hydrogen-bond donors (Lipinski definition) is 3. The van der Waals surface area contributed by atoms with Crippen LogP contribution in [0.25, 0.3) is 0 Å². The molecule has 8 nitrogen and oxygen atoms in total. The van der Waals surface area contributed by atoms with Gasteiger partial charge >= 0.3 is 0 Å². The van der Waals surface area contributed by atoms with Gasteiger partial charge in [-0.2, -0.15) is 5.10 Å². The number of aromatic nitrogens is 5. The maximum atomic E-state index is 5.52. The van der Waals surface area contributed by atoms with E-state index in [0.717, 1.165) is 29.5 Å². The summed E-state index contributed by atoms with van der Waals surface area (Å²) in [4.78, 5) is 13.2. The number of hydrazine groups is 1. The molecule has 2 rings (SSSR count). The second-order valence-corrected chi connectivity index (χ2v) is 5.21. The topological polar surface area (TPSA) is 107 Å². The van der Waals surface area contributed by atoms with E-state index in [-0.39, 0.29) is 5.92 Å². The number of anilines is 2. The lowest BCUT2D eigenvalue weighted by molar-refractivity contribution is 0.740. The largest absolute Gasteiger partial charge is 0.369 e. The predicted octanol–water partition coefficient (Wildman–Crippen LogP) is 0.977. The predicted molar refractivity (Wildman–Crippen MR) is 81.9 cm³/mol. The Morgan fingerprint density at radius 2 is 2.00 bits per heavy atom. The van der Waals surface area contributed by atoms with Crippen LogP contribution in [-0.2, 0) is 13.5 Å². The summed E-state index contributed by atoms with van der Waals surface area (Å²) in [5.41, 5.74) is 3.52. The van der Waals surface area contributed by atoms with Crippen LogP contribution in [0.5, 0.6) is 0 Å². The number of aryl methyl sites for hydroxylation is 1. The highest BCUT2D eigenvalue weighted by molar-refractivity contribution is 5.56. The van der Waals surface area contributed by atoms with Gasteiger partial charge in [0.25, 0.3) is 0 Å². The van der Waals surface area contributed by atoms with E-state index in [1.807, 2.05) is 27.8 Å². The minimum absolute atomic E-state index is 0.232. The molecule has 114 valence electrons. The Bertz CT molecular complexity index is 604. The Kier molecular flexibility index (Phi) is 4.69. The van der Waals surface area contributed by atoms with Crippen molar-refractivity contribution in [1.82, 2.24) is 24.7 Å². The molecule has 0 saturated heterocycles. The van der Waals surface area contributed by atoms with Gasteiger partial charge in [0.1, 0.15) is 23.8 Å². The lowest BCUT2D eigenvalue weighted by atomic mass is 10.2. The Morgan fingerprint density at radius 1 is 1.29 bits per heavy atom. The van der Waals surface area contributed by atoms with E-state index in [9.17, 15) is 0 Å². The molecule has 21 heavy (non-hydrogen) atoms. The Morgan fingerprint density at radius 3 is 2.57 bits per heavy atom. The monoisotopic (exact) mass is 290 g/mol.